The first-order chi connectivity index (χ1) is 22.3. The number of hydrazone groups is 1. The van der Waals surface area contributed by atoms with Gasteiger partial charge in [-0.05, 0) is 67.4 Å². The third kappa shape index (κ3) is 9.73. The van der Waals surface area contributed by atoms with Gasteiger partial charge in [0.15, 0.2) is 17.6 Å². The minimum absolute atomic E-state index is 0.193. The molecule has 0 fully saturated rings. The lowest BCUT2D eigenvalue weighted by Gasteiger charge is -2.21. The summed E-state index contributed by atoms with van der Waals surface area (Å²) in [7, 11) is 0. The van der Waals surface area contributed by atoms with Crippen LogP contribution in [0.15, 0.2) is 96.1 Å². The van der Waals surface area contributed by atoms with Crippen LogP contribution in [0, 0.1) is 11.3 Å². The molecule has 0 aliphatic rings. The summed E-state index contributed by atoms with van der Waals surface area (Å²) in [5, 5.41) is 16.9. The van der Waals surface area contributed by atoms with Crippen LogP contribution in [0.4, 0.5) is 0 Å². The lowest BCUT2D eigenvalue weighted by molar-refractivity contribution is -0.132. The average Bonchev–Trinajstić information content (AvgIpc) is 3.06. The Bertz CT molecular complexity index is 1730. The molecule has 0 spiro atoms. The van der Waals surface area contributed by atoms with Crippen LogP contribution in [-0.2, 0) is 22.6 Å². The molecule has 0 aliphatic carbocycles. The molecule has 2 amide bonds. The number of nitrogens with zero attached hydrogens (tertiary/aromatic N) is 2. The Hall–Kier alpha value is -5.04. The molecule has 9 nitrogen and oxygen atoms in total. The molecule has 46 heavy (non-hydrogen) atoms. The fourth-order valence-electron chi connectivity index (χ4n) is 4.31. The lowest BCUT2D eigenvalue weighted by Crippen LogP contribution is -2.50. The number of nitrogens with one attached hydrogen (secondary N) is 2. The van der Waals surface area contributed by atoms with E-state index in [9.17, 15) is 14.9 Å². The van der Waals surface area contributed by atoms with E-state index in [1.165, 1.54) is 12.3 Å². The van der Waals surface area contributed by atoms with Crippen molar-refractivity contribution in [3.8, 4) is 23.3 Å². The molecule has 0 unspecified atom stereocenters. The number of ether oxygens (including phenoxy) is 3. The molecular formula is C35H32Cl2N4O5. The third-order valence-corrected chi connectivity index (χ3v) is 7.19. The van der Waals surface area contributed by atoms with Crippen molar-refractivity contribution in [1.82, 2.24) is 10.7 Å². The Morgan fingerprint density at radius 2 is 1.65 bits per heavy atom. The highest BCUT2D eigenvalue weighted by molar-refractivity contribution is 6.35. The zero-order valence-electron chi connectivity index (χ0n) is 25.2. The number of hydrogen-bond donors (Lipinski definition) is 2. The fraction of sp³-hybridized carbons (Fsp3) is 0.200. The smallest absolute Gasteiger partial charge is 0.262 e. The van der Waals surface area contributed by atoms with Gasteiger partial charge in [0.25, 0.3) is 11.8 Å². The van der Waals surface area contributed by atoms with E-state index in [1.807, 2.05) is 49.4 Å². The number of nitriles is 1. The van der Waals surface area contributed by atoms with Gasteiger partial charge in [0.05, 0.1) is 29.5 Å². The van der Waals surface area contributed by atoms with Crippen molar-refractivity contribution in [2.45, 2.75) is 39.0 Å². The van der Waals surface area contributed by atoms with E-state index in [0.29, 0.717) is 34.3 Å². The van der Waals surface area contributed by atoms with Crippen LogP contribution in [0.5, 0.6) is 17.2 Å². The van der Waals surface area contributed by atoms with Crippen LogP contribution in [0.1, 0.15) is 36.1 Å². The van der Waals surface area contributed by atoms with E-state index in [1.54, 1.807) is 49.4 Å². The first kappa shape index (κ1) is 33.8. The molecule has 0 radical (unpaired) electrons. The molecule has 0 aliphatic heterocycles. The zero-order chi connectivity index (χ0) is 32.9. The topological polar surface area (TPSA) is 122 Å². The monoisotopic (exact) mass is 658 g/mol. The van der Waals surface area contributed by atoms with Gasteiger partial charge in [-0.15, -0.1) is 0 Å². The number of amides is 2. The minimum Gasteiger partial charge on any atom is -0.490 e. The minimum atomic E-state index is -0.959. The second-order valence-corrected chi connectivity index (χ2v) is 10.9. The number of rotatable bonds is 14. The standard InChI is InChI=1S/C35H32Cl2N4O5/c1-3-44-33-18-25(13-15-32(33)45-22-27-12-8-7-11-26(27)20-38)21-39-41-35(43)30(17-24-9-5-4-6-10-24)40-34(42)23(2)46-31-16-14-28(36)19-29(31)37/h4-16,18-19,21,23,30H,3,17,22H2,1-2H3,(H,40,42)(H,41,43)/b39-21-/t23-,30-/m1/s1. The van der Waals surface area contributed by atoms with Crippen molar-refractivity contribution in [2.75, 3.05) is 6.61 Å². The van der Waals surface area contributed by atoms with Gasteiger partial charge in [0, 0.05) is 17.0 Å². The van der Waals surface area contributed by atoms with Crippen molar-refractivity contribution in [3.05, 3.63) is 123 Å². The molecule has 4 aromatic carbocycles. The van der Waals surface area contributed by atoms with Crippen molar-refractivity contribution < 1.29 is 23.8 Å². The predicted molar refractivity (Wildman–Crippen MR) is 177 cm³/mol. The largest absolute Gasteiger partial charge is 0.490 e. The van der Waals surface area contributed by atoms with Gasteiger partial charge in [-0.2, -0.15) is 10.4 Å². The number of hydrogen-bond acceptors (Lipinski definition) is 7. The maximum absolute atomic E-state index is 13.3. The number of carbonyl (C=O) groups is 2. The fourth-order valence-corrected chi connectivity index (χ4v) is 4.77. The van der Waals surface area contributed by atoms with E-state index < -0.39 is 24.0 Å². The molecule has 4 rings (SSSR count). The first-order valence-electron chi connectivity index (χ1n) is 14.4. The van der Waals surface area contributed by atoms with Gasteiger partial charge < -0.3 is 19.5 Å². The Morgan fingerprint density at radius 1 is 0.913 bits per heavy atom. The molecule has 236 valence electrons. The van der Waals surface area contributed by atoms with Gasteiger partial charge >= 0.3 is 0 Å². The van der Waals surface area contributed by atoms with E-state index in [0.717, 1.165) is 11.1 Å². The second kappa shape index (κ2) is 16.9. The molecular weight excluding hydrogens is 627 g/mol. The number of benzene rings is 4. The van der Waals surface area contributed by atoms with Gasteiger partial charge in [-0.1, -0.05) is 71.7 Å². The second-order valence-electron chi connectivity index (χ2n) is 10.0. The van der Waals surface area contributed by atoms with Crippen LogP contribution in [0.2, 0.25) is 10.0 Å². The summed E-state index contributed by atoms with van der Waals surface area (Å²) in [5.74, 6) is 0.234. The Morgan fingerprint density at radius 3 is 2.39 bits per heavy atom. The number of halogens is 2. The zero-order valence-corrected chi connectivity index (χ0v) is 26.7. The maximum atomic E-state index is 13.3. The summed E-state index contributed by atoms with van der Waals surface area (Å²) >= 11 is 12.1. The molecule has 0 aromatic heterocycles. The van der Waals surface area contributed by atoms with Gasteiger partial charge in [-0.3, -0.25) is 9.59 Å². The van der Waals surface area contributed by atoms with Gasteiger partial charge in [-0.25, -0.2) is 5.43 Å². The Balaban J connectivity index is 1.43. The quantitative estimate of drug-likeness (QED) is 0.118. The third-order valence-electron chi connectivity index (χ3n) is 6.66. The van der Waals surface area contributed by atoms with E-state index >= 15 is 0 Å². The predicted octanol–water partition coefficient (Wildman–Crippen LogP) is 6.49. The molecule has 2 N–H and O–H groups in total. The number of carbonyl (C=O) groups excluding carboxylic acids is 2. The van der Waals surface area contributed by atoms with Crippen molar-refractivity contribution >= 4 is 41.2 Å². The van der Waals surface area contributed by atoms with Crippen molar-refractivity contribution in [1.29, 1.82) is 5.26 Å². The molecule has 0 saturated carbocycles. The Kier molecular flexibility index (Phi) is 12.4. The Labute approximate surface area is 277 Å². The SMILES string of the molecule is CCOc1cc(/C=N\NC(=O)[C@@H](Cc2ccccc2)NC(=O)[C@@H](C)Oc2ccc(Cl)cc2Cl)ccc1OCc1ccccc1C#N. The highest BCUT2D eigenvalue weighted by atomic mass is 35.5. The highest BCUT2D eigenvalue weighted by Gasteiger charge is 2.25. The maximum Gasteiger partial charge on any atom is 0.262 e. The molecule has 11 heteroatoms. The van der Waals surface area contributed by atoms with Gasteiger partial charge in [0.2, 0.25) is 0 Å². The summed E-state index contributed by atoms with van der Waals surface area (Å²) in [6, 6.07) is 27.6. The first-order valence-corrected chi connectivity index (χ1v) is 15.2. The van der Waals surface area contributed by atoms with Crippen LogP contribution in [0.3, 0.4) is 0 Å². The molecule has 0 saturated heterocycles. The molecule has 2 atom stereocenters. The highest BCUT2D eigenvalue weighted by Crippen LogP contribution is 2.30. The summed E-state index contributed by atoms with van der Waals surface area (Å²) in [6.07, 6.45) is 0.724. The molecule has 4 aromatic rings. The summed E-state index contributed by atoms with van der Waals surface area (Å²) in [6.45, 7) is 4.00. The van der Waals surface area contributed by atoms with Crippen LogP contribution < -0.4 is 25.0 Å². The van der Waals surface area contributed by atoms with Crippen LogP contribution in [0.25, 0.3) is 0 Å². The summed E-state index contributed by atoms with van der Waals surface area (Å²) in [5.41, 5.74) is 5.30. The van der Waals surface area contributed by atoms with Crippen LogP contribution >= 0.6 is 23.2 Å². The lowest BCUT2D eigenvalue weighted by atomic mass is 10.1. The average molecular weight is 660 g/mol. The van der Waals surface area contributed by atoms with Crippen molar-refractivity contribution in [2.24, 2.45) is 5.10 Å². The normalized spacial score (nSPS) is 12.1. The summed E-state index contributed by atoms with van der Waals surface area (Å²) in [4.78, 5) is 26.3. The van der Waals surface area contributed by atoms with Gasteiger partial charge in [0.1, 0.15) is 18.4 Å². The molecule has 0 heterocycles. The van der Waals surface area contributed by atoms with Crippen LogP contribution in [-0.4, -0.2) is 36.8 Å². The van der Waals surface area contributed by atoms with E-state index in [2.05, 4.69) is 21.9 Å². The molecule has 0 bridgehead atoms. The van der Waals surface area contributed by atoms with E-state index in [4.69, 9.17) is 37.4 Å². The van der Waals surface area contributed by atoms with Crippen molar-refractivity contribution in [3.63, 3.8) is 0 Å². The summed E-state index contributed by atoms with van der Waals surface area (Å²) < 4.78 is 17.4. The van der Waals surface area contributed by atoms with E-state index in [-0.39, 0.29) is 23.8 Å².